The Morgan fingerprint density at radius 1 is 0.585 bits per heavy atom. The first kappa shape index (κ1) is 44.7. The third kappa shape index (κ3) is 23.4. The number of hydrogen-bond acceptors (Lipinski definition) is 5. The molecule has 240 valence electrons. The summed E-state index contributed by atoms with van der Waals surface area (Å²) >= 11 is 0. The van der Waals surface area contributed by atoms with Gasteiger partial charge in [0.05, 0.1) is 6.61 Å². The van der Waals surface area contributed by atoms with Gasteiger partial charge in [-0.05, 0) is 110 Å². The zero-order valence-electron chi connectivity index (χ0n) is 25.9. The summed E-state index contributed by atoms with van der Waals surface area (Å²) in [7, 11) is 8.52. The van der Waals surface area contributed by atoms with Gasteiger partial charge < -0.3 is 25.2 Å². The molecule has 41 heavy (non-hydrogen) atoms. The second-order valence-corrected chi connectivity index (χ2v) is 10.8. The lowest BCUT2D eigenvalue weighted by Gasteiger charge is -2.15. The van der Waals surface area contributed by atoms with E-state index >= 15 is 0 Å². The predicted octanol–water partition coefficient (Wildman–Crippen LogP) is 7.42. The van der Waals surface area contributed by atoms with Crippen molar-refractivity contribution in [2.45, 2.75) is 70.9 Å². The van der Waals surface area contributed by atoms with E-state index in [-0.39, 0.29) is 49.6 Å². The highest BCUT2D eigenvalue weighted by molar-refractivity contribution is 5.86. The number of unbranched alkanes of at least 4 members (excludes halogenated alkanes) is 5. The van der Waals surface area contributed by atoms with Crippen molar-refractivity contribution in [2.24, 2.45) is 0 Å². The SMILES string of the molecule is CN(C)CCCNCc1ccc(OCCCCCCCCc2ccccc2)c(CNCCCN(C)C)c1.Cl.Cl.Cl.Cl. The van der Waals surface area contributed by atoms with E-state index < -0.39 is 0 Å². The van der Waals surface area contributed by atoms with E-state index in [0.29, 0.717) is 0 Å². The van der Waals surface area contributed by atoms with Gasteiger partial charge in [0.25, 0.3) is 0 Å². The quantitative estimate of drug-likeness (QED) is 0.129. The first-order valence-corrected chi connectivity index (χ1v) is 14.5. The van der Waals surface area contributed by atoms with Crippen LogP contribution in [0.2, 0.25) is 0 Å². The van der Waals surface area contributed by atoms with Gasteiger partial charge in [0.15, 0.2) is 0 Å². The average molecular weight is 657 g/mol. The summed E-state index contributed by atoms with van der Waals surface area (Å²) in [5.41, 5.74) is 4.07. The zero-order chi connectivity index (χ0) is 26.6. The molecular formula is C32H58Cl4N4O. The van der Waals surface area contributed by atoms with Gasteiger partial charge in [-0.3, -0.25) is 0 Å². The van der Waals surface area contributed by atoms with Crippen LogP contribution in [0.25, 0.3) is 0 Å². The fraction of sp³-hybridized carbons (Fsp3) is 0.625. The second-order valence-electron chi connectivity index (χ2n) is 10.8. The molecule has 0 fully saturated rings. The highest BCUT2D eigenvalue weighted by Crippen LogP contribution is 2.21. The van der Waals surface area contributed by atoms with Crippen molar-refractivity contribution in [3.8, 4) is 5.75 Å². The Bertz CT molecular complexity index is 829. The Labute approximate surface area is 276 Å². The molecule has 0 saturated heterocycles. The topological polar surface area (TPSA) is 39.8 Å². The van der Waals surface area contributed by atoms with Gasteiger partial charge in [-0.1, -0.05) is 62.1 Å². The number of benzene rings is 2. The van der Waals surface area contributed by atoms with Crippen molar-refractivity contribution in [1.29, 1.82) is 0 Å². The van der Waals surface area contributed by atoms with Crippen LogP contribution in [0.15, 0.2) is 48.5 Å². The molecule has 9 heteroatoms. The van der Waals surface area contributed by atoms with Gasteiger partial charge in [-0.25, -0.2) is 0 Å². The van der Waals surface area contributed by atoms with Gasteiger partial charge in [0.1, 0.15) is 5.75 Å². The van der Waals surface area contributed by atoms with Crippen LogP contribution < -0.4 is 15.4 Å². The Kier molecular flexibility index (Phi) is 31.9. The minimum Gasteiger partial charge on any atom is -0.493 e. The molecule has 0 saturated carbocycles. The third-order valence-electron chi connectivity index (χ3n) is 6.65. The summed E-state index contributed by atoms with van der Waals surface area (Å²) in [4.78, 5) is 4.47. The first-order valence-electron chi connectivity index (χ1n) is 14.5. The minimum atomic E-state index is 0. The molecular weight excluding hydrogens is 598 g/mol. The Morgan fingerprint density at radius 3 is 1.76 bits per heavy atom. The van der Waals surface area contributed by atoms with E-state index in [1.165, 1.54) is 61.6 Å². The maximum absolute atomic E-state index is 6.27. The molecule has 0 aromatic heterocycles. The standard InChI is InChI=1S/C32H54N4O.4ClH/c1-35(2)23-14-21-33-27-30-19-20-32(31(26-30)28-34-22-15-24-36(3)4)37-25-13-8-6-5-7-10-16-29-17-11-9-12-18-29;;;;/h9,11-12,17-20,26,33-34H,5-8,10,13-16,21-25,27-28H2,1-4H3;4*1H. The minimum absolute atomic E-state index is 0. The Balaban J connectivity index is -0.00000361. The van der Waals surface area contributed by atoms with Gasteiger partial charge in [0.2, 0.25) is 0 Å². The molecule has 0 radical (unpaired) electrons. The Morgan fingerprint density at radius 2 is 1.15 bits per heavy atom. The summed E-state index contributed by atoms with van der Waals surface area (Å²) in [6, 6.07) is 17.6. The molecule has 0 aliphatic carbocycles. The molecule has 0 bridgehead atoms. The number of aryl methyl sites for hydroxylation is 1. The third-order valence-corrected chi connectivity index (χ3v) is 6.65. The predicted molar refractivity (Wildman–Crippen MR) is 189 cm³/mol. The van der Waals surface area contributed by atoms with Crippen LogP contribution in [0, 0.1) is 0 Å². The molecule has 2 N–H and O–H groups in total. The van der Waals surface area contributed by atoms with E-state index in [1.807, 2.05) is 0 Å². The molecule has 0 aliphatic heterocycles. The summed E-state index contributed by atoms with van der Waals surface area (Å²) in [5, 5.41) is 7.21. The van der Waals surface area contributed by atoms with Crippen molar-refractivity contribution in [2.75, 3.05) is 61.0 Å². The molecule has 0 atom stereocenters. The van der Waals surface area contributed by atoms with Crippen LogP contribution in [-0.4, -0.2) is 70.8 Å². The molecule has 5 nitrogen and oxygen atoms in total. The highest BCUT2D eigenvalue weighted by Gasteiger charge is 2.06. The molecule has 0 unspecified atom stereocenters. The van der Waals surface area contributed by atoms with Crippen LogP contribution >= 0.6 is 49.6 Å². The number of nitrogens with one attached hydrogen (secondary N) is 2. The number of ether oxygens (including phenoxy) is 1. The van der Waals surface area contributed by atoms with Gasteiger partial charge in [0, 0.05) is 18.7 Å². The first-order chi connectivity index (χ1) is 18.0. The van der Waals surface area contributed by atoms with Crippen LogP contribution in [-0.2, 0) is 19.5 Å². The lowest BCUT2D eigenvalue weighted by molar-refractivity contribution is 0.300. The van der Waals surface area contributed by atoms with Crippen molar-refractivity contribution in [3.05, 3.63) is 65.2 Å². The number of nitrogens with zero attached hydrogens (tertiary/aromatic N) is 2. The molecule has 0 heterocycles. The lowest BCUT2D eigenvalue weighted by atomic mass is 10.1. The van der Waals surface area contributed by atoms with Crippen molar-refractivity contribution >= 4 is 49.6 Å². The highest BCUT2D eigenvalue weighted by atomic mass is 35.5. The van der Waals surface area contributed by atoms with Crippen molar-refractivity contribution in [3.63, 3.8) is 0 Å². The fourth-order valence-electron chi connectivity index (χ4n) is 4.48. The van der Waals surface area contributed by atoms with Crippen LogP contribution in [0.3, 0.4) is 0 Å². The maximum atomic E-state index is 6.27. The van der Waals surface area contributed by atoms with Gasteiger partial charge in [-0.2, -0.15) is 0 Å². The zero-order valence-corrected chi connectivity index (χ0v) is 29.1. The van der Waals surface area contributed by atoms with Crippen molar-refractivity contribution < 1.29 is 4.74 Å². The number of hydrogen-bond donors (Lipinski definition) is 2. The summed E-state index contributed by atoms with van der Waals surface area (Å²) < 4.78 is 6.27. The Hall–Kier alpha value is -0.760. The molecule has 0 amide bonds. The molecule has 2 aromatic carbocycles. The lowest BCUT2D eigenvalue weighted by Crippen LogP contribution is -2.22. The molecule has 2 aromatic rings. The largest absolute Gasteiger partial charge is 0.493 e. The van der Waals surface area contributed by atoms with Gasteiger partial charge >= 0.3 is 0 Å². The van der Waals surface area contributed by atoms with E-state index in [2.05, 4.69) is 97.2 Å². The van der Waals surface area contributed by atoms with E-state index in [9.17, 15) is 0 Å². The number of rotatable bonds is 22. The van der Waals surface area contributed by atoms with Crippen LogP contribution in [0.1, 0.15) is 68.1 Å². The second kappa shape index (κ2) is 29.3. The van der Waals surface area contributed by atoms with Crippen molar-refractivity contribution in [1.82, 2.24) is 20.4 Å². The maximum Gasteiger partial charge on any atom is 0.123 e. The smallest absolute Gasteiger partial charge is 0.123 e. The summed E-state index contributed by atoms with van der Waals surface area (Å²) in [6.45, 7) is 6.87. The summed E-state index contributed by atoms with van der Waals surface area (Å²) in [5.74, 6) is 1.04. The monoisotopic (exact) mass is 654 g/mol. The van der Waals surface area contributed by atoms with E-state index in [0.717, 1.165) is 64.5 Å². The number of halogens is 4. The van der Waals surface area contributed by atoms with Gasteiger partial charge in [-0.15, -0.1) is 49.6 Å². The molecule has 0 aliphatic rings. The van der Waals surface area contributed by atoms with Crippen LogP contribution in [0.5, 0.6) is 5.75 Å². The van der Waals surface area contributed by atoms with E-state index in [4.69, 9.17) is 4.74 Å². The molecule has 2 rings (SSSR count). The fourth-order valence-corrected chi connectivity index (χ4v) is 4.48. The van der Waals surface area contributed by atoms with Crippen LogP contribution in [0.4, 0.5) is 0 Å². The van der Waals surface area contributed by atoms with E-state index in [1.54, 1.807) is 0 Å². The average Bonchev–Trinajstić information content (AvgIpc) is 2.88. The molecule has 0 spiro atoms. The summed E-state index contributed by atoms with van der Waals surface area (Å²) in [6.07, 6.45) is 11.1. The normalized spacial score (nSPS) is 10.4.